The van der Waals surface area contributed by atoms with E-state index in [9.17, 15) is 13.2 Å². The number of aromatic nitrogens is 1. The number of rotatable bonds is 5. The molecule has 0 radical (unpaired) electrons. The van der Waals surface area contributed by atoms with Crippen LogP contribution in [0.5, 0.6) is 0 Å². The Morgan fingerprint density at radius 2 is 2.04 bits per heavy atom. The summed E-state index contributed by atoms with van der Waals surface area (Å²) >= 11 is 0. The Labute approximate surface area is 147 Å². The molecule has 0 saturated carbocycles. The molecule has 2 aromatic rings. The Kier molecular flexibility index (Phi) is 5.03. The van der Waals surface area contributed by atoms with Crippen LogP contribution in [0.3, 0.4) is 0 Å². The molecule has 1 aromatic heterocycles. The predicted octanol–water partition coefficient (Wildman–Crippen LogP) is 1.95. The average molecular weight is 359 g/mol. The first-order valence-electron chi connectivity index (χ1n) is 8.14. The Morgan fingerprint density at radius 3 is 2.72 bits per heavy atom. The third-order valence-electron chi connectivity index (χ3n) is 4.20. The van der Waals surface area contributed by atoms with Gasteiger partial charge >= 0.3 is 0 Å². The molecule has 0 bridgehead atoms. The van der Waals surface area contributed by atoms with Crippen molar-refractivity contribution in [3.05, 3.63) is 59.9 Å². The quantitative estimate of drug-likeness (QED) is 0.883. The van der Waals surface area contributed by atoms with Crippen molar-refractivity contribution in [2.45, 2.75) is 19.0 Å². The molecule has 0 spiro atoms. The lowest BCUT2D eigenvalue weighted by atomic mass is 10.2. The van der Waals surface area contributed by atoms with Gasteiger partial charge in [0.2, 0.25) is 0 Å². The maximum absolute atomic E-state index is 12.6. The molecule has 1 unspecified atom stereocenters. The summed E-state index contributed by atoms with van der Waals surface area (Å²) in [5, 5.41) is 3.17. The lowest BCUT2D eigenvalue weighted by molar-refractivity contribution is 0.0784. The van der Waals surface area contributed by atoms with E-state index in [-0.39, 0.29) is 23.5 Å². The van der Waals surface area contributed by atoms with E-state index in [1.54, 1.807) is 24.2 Å². The molecule has 1 N–H and O–H groups in total. The van der Waals surface area contributed by atoms with Crippen molar-refractivity contribution in [3.63, 3.8) is 0 Å². The first-order chi connectivity index (χ1) is 11.9. The van der Waals surface area contributed by atoms with Crippen LogP contribution in [-0.2, 0) is 16.4 Å². The number of hydrogen-bond acceptors (Lipinski definition) is 5. The van der Waals surface area contributed by atoms with Gasteiger partial charge in [0.25, 0.3) is 5.91 Å². The van der Waals surface area contributed by atoms with E-state index < -0.39 is 9.84 Å². The minimum Gasteiger partial charge on any atom is -0.380 e. The minimum atomic E-state index is -2.95. The summed E-state index contributed by atoms with van der Waals surface area (Å²) in [5.74, 6) is 0.203. The molecule has 1 aliphatic heterocycles. The van der Waals surface area contributed by atoms with Crippen molar-refractivity contribution in [2.75, 3.05) is 23.9 Å². The number of nitrogens with zero attached hydrogens (tertiary/aromatic N) is 2. The van der Waals surface area contributed by atoms with E-state index >= 15 is 0 Å². The average Bonchev–Trinajstić information content (AvgIpc) is 2.94. The molecule has 1 atom stereocenters. The lowest BCUT2D eigenvalue weighted by Crippen LogP contribution is -2.26. The first-order valence-corrected chi connectivity index (χ1v) is 9.96. The number of sulfone groups is 1. The molecular formula is C18H21N3O3S. The van der Waals surface area contributed by atoms with Crippen LogP contribution in [0.25, 0.3) is 0 Å². The summed E-state index contributed by atoms with van der Waals surface area (Å²) in [7, 11) is -1.20. The van der Waals surface area contributed by atoms with Crippen molar-refractivity contribution in [2.24, 2.45) is 0 Å². The molecule has 1 aliphatic rings. The highest BCUT2D eigenvalue weighted by Gasteiger charge is 2.27. The van der Waals surface area contributed by atoms with Crippen LogP contribution in [0, 0.1) is 0 Å². The van der Waals surface area contributed by atoms with Crippen molar-refractivity contribution in [3.8, 4) is 0 Å². The molecule has 1 saturated heterocycles. The van der Waals surface area contributed by atoms with E-state index in [0.29, 0.717) is 24.2 Å². The Morgan fingerprint density at radius 1 is 1.28 bits per heavy atom. The second-order valence-electron chi connectivity index (χ2n) is 6.35. The number of amides is 1. The van der Waals surface area contributed by atoms with Gasteiger partial charge < -0.3 is 10.2 Å². The third kappa shape index (κ3) is 4.57. The maximum Gasteiger partial charge on any atom is 0.255 e. The van der Waals surface area contributed by atoms with Gasteiger partial charge in [-0.1, -0.05) is 30.3 Å². The van der Waals surface area contributed by atoms with Gasteiger partial charge in [0, 0.05) is 32.0 Å². The number of hydrogen-bond donors (Lipinski definition) is 1. The van der Waals surface area contributed by atoms with E-state index in [1.165, 1.54) is 6.20 Å². The Hall–Kier alpha value is -2.41. The van der Waals surface area contributed by atoms with Gasteiger partial charge in [-0.2, -0.15) is 0 Å². The van der Waals surface area contributed by atoms with Gasteiger partial charge in [-0.25, -0.2) is 8.42 Å². The monoisotopic (exact) mass is 359 g/mol. The maximum atomic E-state index is 12.6. The highest BCUT2D eigenvalue weighted by Crippen LogP contribution is 2.18. The summed E-state index contributed by atoms with van der Waals surface area (Å²) in [6.45, 7) is 0.512. The number of nitrogens with one attached hydrogen (secondary N) is 1. The molecular weight excluding hydrogens is 338 g/mol. The van der Waals surface area contributed by atoms with Gasteiger partial charge in [0.05, 0.1) is 22.8 Å². The van der Waals surface area contributed by atoms with Crippen LogP contribution >= 0.6 is 0 Å². The number of pyridine rings is 1. The molecule has 25 heavy (non-hydrogen) atoms. The van der Waals surface area contributed by atoms with Crippen molar-refractivity contribution >= 4 is 21.4 Å². The van der Waals surface area contributed by atoms with Crippen molar-refractivity contribution < 1.29 is 13.2 Å². The molecule has 6 nitrogen and oxygen atoms in total. The van der Waals surface area contributed by atoms with Gasteiger partial charge in [-0.05, 0) is 18.1 Å². The zero-order chi connectivity index (χ0) is 17.9. The van der Waals surface area contributed by atoms with Gasteiger partial charge in [-0.3, -0.25) is 9.78 Å². The summed E-state index contributed by atoms with van der Waals surface area (Å²) in [5.41, 5.74) is 2.20. The molecule has 1 amide bonds. The summed E-state index contributed by atoms with van der Waals surface area (Å²) < 4.78 is 23.1. The van der Waals surface area contributed by atoms with E-state index in [0.717, 1.165) is 5.56 Å². The molecule has 2 heterocycles. The van der Waals surface area contributed by atoms with Crippen LogP contribution in [-0.4, -0.2) is 48.8 Å². The molecule has 0 aliphatic carbocycles. The number of carbonyl (C=O) groups is 1. The van der Waals surface area contributed by atoms with Crippen molar-refractivity contribution in [1.29, 1.82) is 0 Å². The molecule has 132 valence electrons. The zero-order valence-electron chi connectivity index (χ0n) is 14.1. The fraction of sp³-hybridized carbons (Fsp3) is 0.333. The van der Waals surface area contributed by atoms with Gasteiger partial charge in [0.15, 0.2) is 9.84 Å². The largest absolute Gasteiger partial charge is 0.380 e. The number of anilines is 1. The molecule has 7 heteroatoms. The summed E-state index contributed by atoms with van der Waals surface area (Å²) in [6.07, 6.45) is 3.72. The van der Waals surface area contributed by atoms with Crippen molar-refractivity contribution in [1.82, 2.24) is 9.88 Å². The number of carbonyl (C=O) groups excluding carboxylic acids is 1. The summed E-state index contributed by atoms with van der Waals surface area (Å²) in [4.78, 5) is 18.4. The standard InChI is InChI=1S/C18H21N3O3S/c1-21(12-14-5-3-2-4-6-14)18(22)15-9-17(11-19-10-15)20-16-7-8-25(23,24)13-16/h2-6,9-11,16,20H,7-8,12-13H2,1H3. The first kappa shape index (κ1) is 17.4. The smallest absolute Gasteiger partial charge is 0.255 e. The highest BCUT2D eigenvalue weighted by atomic mass is 32.2. The zero-order valence-corrected chi connectivity index (χ0v) is 14.9. The Bertz CT molecular complexity index is 853. The van der Waals surface area contributed by atoms with E-state index in [2.05, 4.69) is 10.3 Å². The van der Waals surface area contributed by atoms with E-state index in [4.69, 9.17) is 0 Å². The lowest BCUT2D eigenvalue weighted by Gasteiger charge is -2.18. The fourth-order valence-corrected chi connectivity index (χ4v) is 4.60. The highest BCUT2D eigenvalue weighted by molar-refractivity contribution is 7.91. The Balaban J connectivity index is 1.67. The number of benzene rings is 1. The normalized spacial score (nSPS) is 18.7. The van der Waals surface area contributed by atoms with E-state index in [1.807, 2.05) is 30.3 Å². The van der Waals surface area contributed by atoms with Crippen LogP contribution < -0.4 is 5.32 Å². The SMILES string of the molecule is CN(Cc1ccccc1)C(=O)c1cncc(NC2CCS(=O)(=O)C2)c1. The third-order valence-corrected chi connectivity index (χ3v) is 5.97. The topological polar surface area (TPSA) is 79.4 Å². The van der Waals surface area contributed by atoms with Crippen LogP contribution in [0.2, 0.25) is 0 Å². The molecule has 3 rings (SSSR count). The second-order valence-corrected chi connectivity index (χ2v) is 8.58. The van der Waals surface area contributed by atoms with Crippen LogP contribution in [0.4, 0.5) is 5.69 Å². The van der Waals surface area contributed by atoms with Crippen LogP contribution in [0.1, 0.15) is 22.3 Å². The second kappa shape index (κ2) is 7.23. The van der Waals surface area contributed by atoms with Gasteiger partial charge in [0.1, 0.15) is 0 Å². The van der Waals surface area contributed by atoms with Gasteiger partial charge in [-0.15, -0.1) is 0 Å². The summed E-state index contributed by atoms with van der Waals surface area (Å²) in [6, 6.07) is 11.4. The van der Waals surface area contributed by atoms with Crippen LogP contribution in [0.15, 0.2) is 48.8 Å². The fourth-order valence-electron chi connectivity index (χ4n) is 2.93. The molecule has 1 fully saturated rings. The molecule has 1 aromatic carbocycles. The minimum absolute atomic E-state index is 0.124. The predicted molar refractivity (Wildman–Crippen MR) is 97.2 cm³/mol.